The average Bonchev–Trinajstić information content (AvgIpc) is 2.67. The summed E-state index contributed by atoms with van der Waals surface area (Å²) in [6.45, 7) is 4.30. The van der Waals surface area contributed by atoms with Crippen LogP contribution in [0.2, 0.25) is 0 Å². The predicted molar refractivity (Wildman–Crippen MR) is 69.8 cm³/mol. The number of amides is 1. The summed E-state index contributed by atoms with van der Waals surface area (Å²) in [7, 11) is 1.88. The Bertz CT molecular complexity index is 267. The molecule has 0 bridgehead atoms. The second-order valence-corrected chi connectivity index (χ2v) is 5.88. The lowest BCUT2D eigenvalue weighted by Crippen LogP contribution is -2.37. The molecule has 1 aliphatic heterocycles. The zero-order valence-corrected chi connectivity index (χ0v) is 11.2. The van der Waals surface area contributed by atoms with Crippen LogP contribution < -0.4 is 5.32 Å². The Morgan fingerprint density at radius 3 is 2.82 bits per heavy atom. The third kappa shape index (κ3) is 3.21. The van der Waals surface area contributed by atoms with Crippen molar-refractivity contribution in [2.45, 2.75) is 51.5 Å². The summed E-state index contributed by atoms with van der Waals surface area (Å²) in [6, 6.07) is 0.0836. The van der Waals surface area contributed by atoms with Crippen molar-refractivity contribution in [3.05, 3.63) is 0 Å². The Kier molecular flexibility index (Phi) is 4.43. The molecule has 17 heavy (non-hydrogen) atoms. The van der Waals surface area contributed by atoms with Crippen LogP contribution in [0.4, 0.5) is 0 Å². The first-order chi connectivity index (χ1) is 8.20. The first kappa shape index (κ1) is 12.9. The molecule has 1 N–H and O–H groups in total. The van der Waals surface area contributed by atoms with E-state index in [2.05, 4.69) is 17.1 Å². The molecule has 0 aromatic carbocycles. The fourth-order valence-electron chi connectivity index (χ4n) is 3.39. The standard InChI is InChI=1S/C14H26N2O/c1-11-4-3-5-12(10-11)6-8-16-9-7-13(15-2)14(16)17/h11-13,15H,3-10H2,1-2H3. The van der Waals surface area contributed by atoms with Gasteiger partial charge in [0.1, 0.15) is 0 Å². The monoisotopic (exact) mass is 238 g/mol. The summed E-state index contributed by atoms with van der Waals surface area (Å²) in [5, 5.41) is 3.10. The molecule has 3 nitrogen and oxygen atoms in total. The molecule has 2 rings (SSSR count). The van der Waals surface area contributed by atoms with E-state index in [1.165, 1.54) is 32.1 Å². The van der Waals surface area contributed by atoms with Crippen molar-refractivity contribution in [3.8, 4) is 0 Å². The molecular formula is C14H26N2O. The van der Waals surface area contributed by atoms with Crippen LogP contribution >= 0.6 is 0 Å². The van der Waals surface area contributed by atoms with Gasteiger partial charge in [-0.3, -0.25) is 4.79 Å². The van der Waals surface area contributed by atoms with Crippen LogP contribution in [0.1, 0.15) is 45.4 Å². The number of nitrogens with zero attached hydrogens (tertiary/aromatic N) is 1. The summed E-state index contributed by atoms with van der Waals surface area (Å²) in [5.41, 5.74) is 0. The number of rotatable bonds is 4. The summed E-state index contributed by atoms with van der Waals surface area (Å²) >= 11 is 0. The molecule has 1 aliphatic carbocycles. The SMILES string of the molecule is CNC1CCN(CCC2CCCC(C)C2)C1=O. The van der Waals surface area contributed by atoms with E-state index in [1.807, 2.05) is 7.05 Å². The molecule has 0 aromatic heterocycles. The van der Waals surface area contributed by atoms with E-state index in [0.29, 0.717) is 5.91 Å². The average molecular weight is 238 g/mol. The highest BCUT2D eigenvalue weighted by Crippen LogP contribution is 2.31. The number of carbonyl (C=O) groups is 1. The maximum atomic E-state index is 11.9. The van der Waals surface area contributed by atoms with Crippen molar-refractivity contribution in [2.24, 2.45) is 11.8 Å². The van der Waals surface area contributed by atoms with Gasteiger partial charge in [0, 0.05) is 13.1 Å². The molecule has 3 atom stereocenters. The molecule has 1 saturated carbocycles. The third-order valence-electron chi connectivity index (χ3n) is 4.50. The van der Waals surface area contributed by atoms with Crippen molar-refractivity contribution < 1.29 is 4.79 Å². The molecule has 0 spiro atoms. The van der Waals surface area contributed by atoms with Crippen LogP contribution in [-0.2, 0) is 4.79 Å². The van der Waals surface area contributed by atoms with E-state index in [0.717, 1.165) is 31.3 Å². The van der Waals surface area contributed by atoms with Crippen LogP contribution in [0.5, 0.6) is 0 Å². The Morgan fingerprint density at radius 2 is 2.18 bits per heavy atom. The van der Waals surface area contributed by atoms with E-state index < -0.39 is 0 Å². The Balaban J connectivity index is 1.73. The van der Waals surface area contributed by atoms with Crippen LogP contribution in [0.3, 0.4) is 0 Å². The highest BCUT2D eigenvalue weighted by Gasteiger charge is 2.30. The number of carbonyl (C=O) groups excluding carboxylic acids is 1. The van der Waals surface area contributed by atoms with Crippen LogP contribution in [0.15, 0.2) is 0 Å². The minimum atomic E-state index is 0.0836. The van der Waals surface area contributed by atoms with Crippen molar-refractivity contribution in [2.75, 3.05) is 20.1 Å². The van der Waals surface area contributed by atoms with Gasteiger partial charge in [0.2, 0.25) is 5.91 Å². The quantitative estimate of drug-likeness (QED) is 0.812. The molecule has 1 amide bonds. The van der Waals surface area contributed by atoms with Gasteiger partial charge in [0.25, 0.3) is 0 Å². The maximum absolute atomic E-state index is 11.9. The van der Waals surface area contributed by atoms with Crippen molar-refractivity contribution in [1.82, 2.24) is 10.2 Å². The summed E-state index contributed by atoms with van der Waals surface area (Å²) in [4.78, 5) is 14.0. The highest BCUT2D eigenvalue weighted by molar-refractivity contribution is 5.83. The van der Waals surface area contributed by atoms with Crippen LogP contribution in [-0.4, -0.2) is 37.0 Å². The van der Waals surface area contributed by atoms with Gasteiger partial charge in [-0.05, 0) is 38.1 Å². The maximum Gasteiger partial charge on any atom is 0.239 e. The number of likely N-dealkylation sites (tertiary alicyclic amines) is 1. The summed E-state index contributed by atoms with van der Waals surface area (Å²) < 4.78 is 0. The molecule has 1 saturated heterocycles. The Hall–Kier alpha value is -0.570. The molecular weight excluding hydrogens is 212 g/mol. The summed E-state index contributed by atoms with van der Waals surface area (Å²) in [5.74, 6) is 2.07. The number of hydrogen-bond acceptors (Lipinski definition) is 2. The van der Waals surface area contributed by atoms with Gasteiger partial charge in [0.15, 0.2) is 0 Å². The molecule has 98 valence electrons. The molecule has 0 aromatic rings. The van der Waals surface area contributed by atoms with Crippen molar-refractivity contribution in [1.29, 1.82) is 0 Å². The molecule has 2 fully saturated rings. The minimum Gasteiger partial charge on any atom is -0.341 e. The largest absolute Gasteiger partial charge is 0.341 e. The zero-order chi connectivity index (χ0) is 12.3. The van der Waals surface area contributed by atoms with Gasteiger partial charge < -0.3 is 10.2 Å². The second-order valence-electron chi connectivity index (χ2n) is 5.88. The predicted octanol–water partition coefficient (Wildman–Crippen LogP) is 2.02. The lowest BCUT2D eigenvalue weighted by Gasteiger charge is -2.28. The fraction of sp³-hybridized carbons (Fsp3) is 0.929. The van der Waals surface area contributed by atoms with Gasteiger partial charge in [-0.1, -0.05) is 26.2 Å². The Morgan fingerprint density at radius 1 is 1.35 bits per heavy atom. The van der Waals surface area contributed by atoms with E-state index in [-0.39, 0.29) is 6.04 Å². The third-order valence-corrected chi connectivity index (χ3v) is 4.50. The van der Waals surface area contributed by atoms with E-state index in [4.69, 9.17) is 0 Å². The van der Waals surface area contributed by atoms with Crippen LogP contribution in [0, 0.1) is 11.8 Å². The smallest absolute Gasteiger partial charge is 0.239 e. The second kappa shape index (κ2) is 5.85. The molecule has 3 unspecified atom stereocenters. The normalized spacial score (nSPS) is 34.4. The summed E-state index contributed by atoms with van der Waals surface area (Å²) in [6.07, 6.45) is 7.74. The van der Waals surface area contributed by atoms with Gasteiger partial charge in [-0.15, -0.1) is 0 Å². The van der Waals surface area contributed by atoms with Crippen molar-refractivity contribution in [3.63, 3.8) is 0 Å². The number of hydrogen-bond donors (Lipinski definition) is 1. The van der Waals surface area contributed by atoms with E-state index in [9.17, 15) is 4.79 Å². The van der Waals surface area contributed by atoms with Crippen LogP contribution in [0.25, 0.3) is 0 Å². The van der Waals surface area contributed by atoms with Gasteiger partial charge in [0.05, 0.1) is 6.04 Å². The molecule has 0 radical (unpaired) electrons. The first-order valence-electron chi connectivity index (χ1n) is 7.16. The molecule has 2 aliphatic rings. The molecule has 3 heteroatoms. The zero-order valence-electron chi connectivity index (χ0n) is 11.2. The van der Waals surface area contributed by atoms with Gasteiger partial charge >= 0.3 is 0 Å². The minimum absolute atomic E-state index is 0.0836. The first-order valence-corrected chi connectivity index (χ1v) is 7.16. The van der Waals surface area contributed by atoms with E-state index >= 15 is 0 Å². The van der Waals surface area contributed by atoms with Crippen molar-refractivity contribution >= 4 is 5.91 Å². The van der Waals surface area contributed by atoms with Gasteiger partial charge in [-0.25, -0.2) is 0 Å². The Labute approximate surface area is 105 Å². The topological polar surface area (TPSA) is 32.3 Å². The number of nitrogens with one attached hydrogen (secondary N) is 1. The molecule has 1 heterocycles. The number of likely N-dealkylation sites (N-methyl/N-ethyl adjacent to an activating group) is 1. The fourth-order valence-corrected chi connectivity index (χ4v) is 3.39. The van der Waals surface area contributed by atoms with E-state index in [1.54, 1.807) is 0 Å². The lowest BCUT2D eigenvalue weighted by molar-refractivity contribution is -0.129. The lowest BCUT2D eigenvalue weighted by atomic mass is 9.81. The van der Waals surface area contributed by atoms with Gasteiger partial charge in [-0.2, -0.15) is 0 Å². The highest BCUT2D eigenvalue weighted by atomic mass is 16.2.